The summed E-state index contributed by atoms with van der Waals surface area (Å²) in [5.74, 6) is 1.04. The third kappa shape index (κ3) is 3.36. The van der Waals surface area contributed by atoms with Crippen molar-refractivity contribution in [3.05, 3.63) is 22.5 Å². The molecule has 0 amide bonds. The van der Waals surface area contributed by atoms with Gasteiger partial charge in [0.25, 0.3) is 0 Å². The highest BCUT2D eigenvalue weighted by Gasteiger charge is 2.17. The predicted octanol–water partition coefficient (Wildman–Crippen LogP) is 1.14. The van der Waals surface area contributed by atoms with Crippen LogP contribution in [-0.2, 0) is 0 Å². The predicted molar refractivity (Wildman–Crippen MR) is 67.4 cm³/mol. The molecule has 1 aromatic rings. The molecule has 2 rings (SSSR count). The number of rotatable bonds is 4. The zero-order chi connectivity index (χ0) is 13.0. The van der Waals surface area contributed by atoms with Gasteiger partial charge in [0.2, 0.25) is 5.95 Å². The fraction of sp³-hybridized carbons (Fsp3) is 0.636. The van der Waals surface area contributed by atoms with Gasteiger partial charge < -0.3 is 10.2 Å². The number of likely N-dealkylation sites (tertiary alicyclic amines) is 1. The quantitative estimate of drug-likeness (QED) is 0.638. The van der Waals surface area contributed by atoms with Crippen LogP contribution in [0.25, 0.3) is 0 Å². The van der Waals surface area contributed by atoms with Crippen LogP contribution in [0.3, 0.4) is 0 Å². The first-order chi connectivity index (χ1) is 8.65. The molecule has 1 unspecified atom stereocenters. The molecule has 1 saturated heterocycles. The van der Waals surface area contributed by atoms with Crippen molar-refractivity contribution >= 4 is 11.6 Å². The fourth-order valence-corrected chi connectivity index (χ4v) is 2.18. The first-order valence-corrected chi connectivity index (χ1v) is 6.04. The second-order valence-corrected chi connectivity index (χ2v) is 4.67. The second kappa shape index (κ2) is 5.72. The van der Waals surface area contributed by atoms with Crippen LogP contribution < -0.4 is 5.32 Å². The van der Waals surface area contributed by atoms with E-state index < -0.39 is 4.92 Å². The Bertz CT molecular complexity index is 408. The lowest BCUT2D eigenvalue weighted by Crippen LogP contribution is -2.35. The largest absolute Gasteiger partial charge is 0.354 e. The van der Waals surface area contributed by atoms with Crippen LogP contribution in [0.2, 0.25) is 0 Å². The first-order valence-electron chi connectivity index (χ1n) is 6.04. The Labute approximate surface area is 105 Å². The number of nitrogens with zero attached hydrogens (tertiary/aromatic N) is 4. The first kappa shape index (κ1) is 12.7. The number of hydrogen-bond acceptors (Lipinski definition) is 6. The van der Waals surface area contributed by atoms with Gasteiger partial charge in [0.15, 0.2) is 0 Å². The minimum Gasteiger partial charge on any atom is -0.354 e. The molecular formula is C11H17N5O2. The molecule has 0 spiro atoms. The summed E-state index contributed by atoms with van der Waals surface area (Å²) in [4.78, 5) is 20.1. The van der Waals surface area contributed by atoms with Crippen molar-refractivity contribution in [2.45, 2.75) is 12.8 Å². The topological polar surface area (TPSA) is 84.2 Å². The summed E-state index contributed by atoms with van der Waals surface area (Å²) in [6, 6.07) is 0. The molecule has 0 saturated carbocycles. The zero-order valence-corrected chi connectivity index (χ0v) is 10.4. The number of nitrogens with one attached hydrogen (secondary N) is 1. The van der Waals surface area contributed by atoms with E-state index >= 15 is 0 Å². The summed E-state index contributed by atoms with van der Waals surface area (Å²) in [6.45, 7) is 3.03. The van der Waals surface area contributed by atoms with E-state index in [1.165, 1.54) is 25.2 Å². The van der Waals surface area contributed by atoms with Crippen LogP contribution >= 0.6 is 0 Å². The third-order valence-corrected chi connectivity index (χ3v) is 3.12. The van der Waals surface area contributed by atoms with Gasteiger partial charge >= 0.3 is 5.69 Å². The van der Waals surface area contributed by atoms with Crippen LogP contribution in [-0.4, -0.2) is 46.5 Å². The zero-order valence-electron chi connectivity index (χ0n) is 10.4. The van der Waals surface area contributed by atoms with E-state index in [9.17, 15) is 10.1 Å². The van der Waals surface area contributed by atoms with Crippen molar-refractivity contribution in [2.75, 3.05) is 32.0 Å². The van der Waals surface area contributed by atoms with E-state index in [4.69, 9.17) is 0 Å². The number of nitro groups is 1. The fourth-order valence-electron chi connectivity index (χ4n) is 2.18. The summed E-state index contributed by atoms with van der Waals surface area (Å²) in [6.07, 6.45) is 4.86. The van der Waals surface area contributed by atoms with Crippen LogP contribution in [0.15, 0.2) is 12.4 Å². The highest BCUT2D eigenvalue weighted by molar-refractivity contribution is 5.30. The molecule has 1 aliphatic heterocycles. The van der Waals surface area contributed by atoms with Gasteiger partial charge in [-0.25, -0.2) is 9.97 Å². The highest BCUT2D eigenvalue weighted by atomic mass is 16.6. The van der Waals surface area contributed by atoms with Crippen LogP contribution in [0.4, 0.5) is 11.6 Å². The molecule has 0 aromatic carbocycles. The number of anilines is 1. The summed E-state index contributed by atoms with van der Waals surface area (Å²) < 4.78 is 0. The minimum atomic E-state index is -0.500. The van der Waals surface area contributed by atoms with E-state index in [1.54, 1.807) is 0 Å². The van der Waals surface area contributed by atoms with Gasteiger partial charge in [-0.15, -0.1) is 0 Å². The van der Waals surface area contributed by atoms with E-state index in [0.717, 1.165) is 19.6 Å². The van der Waals surface area contributed by atoms with Crippen molar-refractivity contribution in [1.29, 1.82) is 0 Å². The Balaban J connectivity index is 1.84. The summed E-state index contributed by atoms with van der Waals surface area (Å²) in [7, 11) is 2.12. The molecule has 1 N–H and O–H groups in total. The molecule has 98 valence electrons. The Morgan fingerprint density at radius 2 is 2.28 bits per heavy atom. The highest BCUT2D eigenvalue weighted by Crippen LogP contribution is 2.15. The van der Waals surface area contributed by atoms with Gasteiger partial charge in [0, 0.05) is 13.1 Å². The molecule has 0 aliphatic carbocycles. The maximum atomic E-state index is 10.5. The molecule has 18 heavy (non-hydrogen) atoms. The third-order valence-electron chi connectivity index (χ3n) is 3.12. The van der Waals surface area contributed by atoms with Crippen LogP contribution in [0, 0.1) is 16.0 Å². The molecule has 1 aliphatic rings. The second-order valence-electron chi connectivity index (χ2n) is 4.67. The lowest BCUT2D eigenvalue weighted by Gasteiger charge is -2.29. The van der Waals surface area contributed by atoms with E-state index in [2.05, 4.69) is 27.2 Å². The molecule has 1 fully saturated rings. The Hall–Kier alpha value is -1.76. The van der Waals surface area contributed by atoms with Gasteiger partial charge in [-0.1, -0.05) is 0 Å². The summed E-state index contributed by atoms with van der Waals surface area (Å²) in [5, 5.41) is 13.6. The number of piperidine rings is 1. The maximum Gasteiger partial charge on any atom is 0.305 e. The molecule has 7 nitrogen and oxygen atoms in total. The van der Waals surface area contributed by atoms with Crippen molar-refractivity contribution in [3.63, 3.8) is 0 Å². The average Bonchev–Trinajstić information content (AvgIpc) is 2.37. The van der Waals surface area contributed by atoms with Crippen molar-refractivity contribution in [3.8, 4) is 0 Å². The lowest BCUT2D eigenvalue weighted by molar-refractivity contribution is -0.385. The summed E-state index contributed by atoms with van der Waals surface area (Å²) >= 11 is 0. The van der Waals surface area contributed by atoms with Gasteiger partial charge in [-0.2, -0.15) is 0 Å². The molecule has 1 atom stereocenters. The average molecular weight is 251 g/mol. The molecule has 0 bridgehead atoms. The Morgan fingerprint density at radius 1 is 1.56 bits per heavy atom. The molecule has 2 heterocycles. The van der Waals surface area contributed by atoms with Crippen molar-refractivity contribution in [1.82, 2.24) is 14.9 Å². The Kier molecular flexibility index (Phi) is 4.03. The van der Waals surface area contributed by atoms with Gasteiger partial charge in [-0.3, -0.25) is 10.1 Å². The standard InChI is InChI=1S/C11H17N5O2/c1-15-4-2-3-9(8-15)5-12-11-13-6-10(7-14-11)16(17)18/h6-7,9H,2-5,8H2,1H3,(H,12,13,14). The van der Waals surface area contributed by atoms with E-state index in [-0.39, 0.29) is 5.69 Å². The molecule has 0 radical (unpaired) electrons. The normalized spacial score (nSPS) is 20.6. The molecule has 1 aromatic heterocycles. The van der Waals surface area contributed by atoms with Crippen molar-refractivity contribution < 1.29 is 4.92 Å². The smallest absolute Gasteiger partial charge is 0.305 e. The monoisotopic (exact) mass is 251 g/mol. The van der Waals surface area contributed by atoms with Gasteiger partial charge in [0.05, 0.1) is 4.92 Å². The van der Waals surface area contributed by atoms with Gasteiger partial charge in [-0.05, 0) is 32.4 Å². The SMILES string of the molecule is CN1CCCC(CNc2ncc([N+](=O)[O-])cn2)C1. The minimum absolute atomic E-state index is 0.0852. The van der Waals surface area contributed by atoms with E-state index in [0.29, 0.717) is 11.9 Å². The van der Waals surface area contributed by atoms with E-state index in [1.807, 2.05) is 0 Å². The number of aromatic nitrogens is 2. The summed E-state index contributed by atoms with van der Waals surface area (Å²) in [5.41, 5.74) is -0.0852. The van der Waals surface area contributed by atoms with Crippen LogP contribution in [0.5, 0.6) is 0 Å². The molecule has 7 heteroatoms. The maximum absolute atomic E-state index is 10.5. The van der Waals surface area contributed by atoms with Crippen molar-refractivity contribution in [2.24, 2.45) is 5.92 Å². The molecular weight excluding hydrogens is 234 g/mol. The Morgan fingerprint density at radius 3 is 2.89 bits per heavy atom. The van der Waals surface area contributed by atoms with Gasteiger partial charge in [0.1, 0.15) is 12.4 Å². The lowest BCUT2D eigenvalue weighted by atomic mass is 9.99. The van der Waals surface area contributed by atoms with Crippen LogP contribution in [0.1, 0.15) is 12.8 Å². The number of hydrogen-bond donors (Lipinski definition) is 1.